The van der Waals surface area contributed by atoms with Crippen molar-refractivity contribution < 1.29 is 9.36 Å². The Balaban J connectivity index is 0.000000199. The van der Waals surface area contributed by atoms with Gasteiger partial charge >= 0.3 is 5.20 Å². The summed E-state index contributed by atoms with van der Waals surface area (Å²) in [6, 6.07) is 24.1. The number of rotatable bonds is 5. The Hall–Kier alpha value is -3.01. The zero-order chi connectivity index (χ0) is 30.7. The molecule has 13 heteroatoms. The molecule has 0 fully saturated rings. The van der Waals surface area contributed by atoms with E-state index in [4.69, 9.17) is 11.8 Å². The SMILES string of the molecule is N#Cc1cccc(C(=O)CCc2ccc(Br)cn2)c1.O=P(Cl)(Cl)Cl.[C-]#[N+]c1cccc(-c2ncc3ccc(Br)cn23)c1. The van der Waals surface area contributed by atoms with Crippen LogP contribution in [0.15, 0.2) is 100 Å². The smallest absolute Gasteiger partial charge is 0.299 e. The molecule has 5 aromatic rings. The molecule has 0 unspecified atom stereocenters. The van der Waals surface area contributed by atoms with E-state index in [-0.39, 0.29) is 5.78 Å². The third-order valence-electron chi connectivity index (χ3n) is 5.44. The lowest BCUT2D eigenvalue weighted by Crippen LogP contribution is -2.02. The van der Waals surface area contributed by atoms with E-state index >= 15 is 0 Å². The third-order valence-corrected chi connectivity index (χ3v) is 6.37. The number of hydrogen-bond donors (Lipinski definition) is 0. The Kier molecular flexibility index (Phi) is 12.8. The van der Waals surface area contributed by atoms with Gasteiger partial charge in [0.15, 0.2) is 11.5 Å². The lowest BCUT2D eigenvalue weighted by Gasteiger charge is -2.02. The van der Waals surface area contributed by atoms with Crippen molar-refractivity contribution in [1.82, 2.24) is 14.4 Å². The van der Waals surface area contributed by atoms with Crippen molar-refractivity contribution in [1.29, 1.82) is 5.26 Å². The van der Waals surface area contributed by atoms with E-state index in [1.54, 1.807) is 36.5 Å². The fourth-order valence-corrected chi connectivity index (χ4v) is 4.17. The molecule has 0 saturated heterocycles. The predicted octanol–water partition coefficient (Wildman–Crippen LogP) is 10.7. The summed E-state index contributed by atoms with van der Waals surface area (Å²) in [5.41, 5.74) is 4.57. The van der Waals surface area contributed by atoms with Crippen molar-refractivity contribution in [3.8, 4) is 17.5 Å². The van der Waals surface area contributed by atoms with Crippen LogP contribution in [0.3, 0.4) is 0 Å². The van der Waals surface area contributed by atoms with Gasteiger partial charge in [-0.25, -0.2) is 9.83 Å². The van der Waals surface area contributed by atoms with Crippen LogP contribution < -0.4 is 0 Å². The summed E-state index contributed by atoms with van der Waals surface area (Å²) in [6.45, 7) is 7.05. The van der Waals surface area contributed by atoms with Gasteiger partial charge in [-0.05, 0) is 114 Å². The summed E-state index contributed by atoms with van der Waals surface area (Å²) >= 11 is 20.6. The summed E-state index contributed by atoms with van der Waals surface area (Å²) in [6.07, 6.45) is 6.51. The first-order valence-corrected chi connectivity index (χ1v) is 17.9. The Labute approximate surface area is 273 Å². The van der Waals surface area contributed by atoms with E-state index < -0.39 is 5.20 Å². The fourth-order valence-electron chi connectivity index (χ4n) is 3.59. The van der Waals surface area contributed by atoms with Gasteiger partial charge < -0.3 is 0 Å². The number of carbonyl (C=O) groups excluding carboxylic acids is 1. The monoisotopic (exact) mass is 763 g/mol. The number of Topliss-reactive ketones (excluding diaryl/α,β-unsaturated/α-hetero) is 1. The maximum atomic E-state index is 12.0. The number of halogens is 5. The largest absolute Gasteiger partial charge is 0.339 e. The van der Waals surface area contributed by atoms with Crippen LogP contribution in [0.5, 0.6) is 0 Å². The minimum absolute atomic E-state index is 0.0295. The molecule has 5 rings (SSSR count). The summed E-state index contributed by atoms with van der Waals surface area (Å²) in [4.78, 5) is 24.1. The normalized spacial score (nSPS) is 10.4. The van der Waals surface area contributed by atoms with Crippen LogP contribution in [0.2, 0.25) is 0 Å². The summed E-state index contributed by atoms with van der Waals surface area (Å²) in [7, 11) is 0. The van der Waals surface area contributed by atoms with E-state index in [1.165, 1.54) is 0 Å². The molecule has 42 heavy (non-hydrogen) atoms. The Bertz CT molecular complexity index is 1820. The highest BCUT2D eigenvalue weighted by atomic mass is 79.9. The number of hydrogen-bond acceptors (Lipinski definition) is 5. The Morgan fingerprint density at radius 3 is 2.36 bits per heavy atom. The number of imidazole rings is 1. The zero-order valence-electron chi connectivity index (χ0n) is 21.5. The lowest BCUT2D eigenvalue weighted by atomic mass is 10.0. The fraction of sp³-hybridized carbons (Fsp3) is 0.0690. The van der Waals surface area contributed by atoms with Gasteiger partial charge in [-0.2, -0.15) is 5.26 Å². The standard InChI is InChI=1S/C15H11BrN2O.C14H8BrN3.Cl3OP/c16-13-4-5-14(18-10-13)6-7-15(19)12-3-1-2-11(8-12)9-17;1-16-12-4-2-3-10(7-12)14-17-8-13-6-5-11(15)9-18(13)14;1-5(2,3)4/h1-5,8,10H,6-7H2;2-9H;. The first-order chi connectivity index (χ1) is 20.0. The van der Waals surface area contributed by atoms with Gasteiger partial charge in [0.25, 0.3) is 0 Å². The van der Waals surface area contributed by atoms with E-state index in [1.807, 2.05) is 65.3 Å². The van der Waals surface area contributed by atoms with Crippen molar-refractivity contribution in [2.24, 2.45) is 0 Å². The minimum atomic E-state index is -3.22. The number of aromatic nitrogens is 3. The number of fused-ring (bicyclic) bond motifs is 1. The zero-order valence-corrected chi connectivity index (χ0v) is 27.8. The predicted molar refractivity (Wildman–Crippen MR) is 176 cm³/mol. The average molecular weight is 767 g/mol. The molecular formula is C29H19Br2Cl3N5O2P. The number of aryl methyl sites for hydroxylation is 1. The van der Waals surface area contributed by atoms with Crippen molar-refractivity contribution in [2.45, 2.75) is 12.8 Å². The molecule has 0 aliphatic rings. The van der Waals surface area contributed by atoms with Crippen molar-refractivity contribution in [3.63, 3.8) is 0 Å². The minimum Gasteiger partial charge on any atom is -0.299 e. The number of benzene rings is 2. The lowest BCUT2D eigenvalue weighted by molar-refractivity contribution is 0.0982. The summed E-state index contributed by atoms with van der Waals surface area (Å²) in [5.74, 6) is 0.874. The molecule has 0 spiro atoms. The van der Waals surface area contributed by atoms with Gasteiger partial charge in [0.1, 0.15) is 5.82 Å². The molecule has 0 radical (unpaired) electrons. The number of nitriles is 1. The van der Waals surface area contributed by atoms with Crippen molar-refractivity contribution in [3.05, 3.63) is 129 Å². The molecule has 0 N–H and O–H groups in total. The molecule has 0 bridgehead atoms. The molecule has 212 valence electrons. The molecule has 2 aromatic carbocycles. The van der Waals surface area contributed by atoms with E-state index in [0.29, 0.717) is 29.7 Å². The number of nitrogens with zero attached hydrogens (tertiary/aromatic N) is 5. The first kappa shape index (κ1) is 33.5. The summed E-state index contributed by atoms with van der Waals surface area (Å²) in [5, 5.41) is 5.58. The molecule has 0 aliphatic heterocycles. The third kappa shape index (κ3) is 11.0. The summed E-state index contributed by atoms with van der Waals surface area (Å²) < 4.78 is 13.4. The van der Waals surface area contributed by atoms with Crippen molar-refractivity contribution in [2.75, 3.05) is 0 Å². The van der Waals surface area contributed by atoms with E-state index in [2.05, 4.69) is 80.4 Å². The van der Waals surface area contributed by atoms with Gasteiger partial charge in [-0.3, -0.25) is 18.7 Å². The van der Waals surface area contributed by atoms with E-state index in [0.717, 1.165) is 31.5 Å². The number of carbonyl (C=O) groups is 1. The molecule has 0 atom stereocenters. The maximum Gasteiger partial charge on any atom is 0.339 e. The van der Waals surface area contributed by atoms with Crippen LogP contribution in [0, 0.1) is 17.9 Å². The first-order valence-electron chi connectivity index (χ1n) is 11.9. The van der Waals surface area contributed by atoms with Gasteiger partial charge in [0.2, 0.25) is 0 Å². The van der Waals surface area contributed by atoms with Gasteiger partial charge in [0.05, 0.1) is 29.9 Å². The second kappa shape index (κ2) is 16.0. The maximum absolute atomic E-state index is 12.0. The Morgan fingerprint density at radius 2 is 1.69 bits per heavy atom. The molecule has 3 heterocycles. The second-order valence-electron chi connectivity index (χ2n) is 8.37. The second-order valence-corrected chi connectivity index (χ2v) is 16.8. The van der Waals surface area contributed by atoms with Crippen LogP contribution in [0.1, 0.15) is 28.0 Å². The highest BCUT2D eigenvalue weighted by Gasteiger charge is 2.08. The van der Waals surface area contributed by atoms with Gasteiger partial charge in [-0.1, -0.05) is 30.3 Å². The van der Waals surface area contributed by atoms with Crippen molar-refractivity contribution >= 4 is 87.8 Å². The van der Waals surface area contributed by atoms with Gasteiger partial charge in [-0.15, -0.1) is 0 Å². The van der Waals surface area contributed by atoms with Crippen LogP contribution in [-0.4, -0.2) is 20.2 Å². The average Bonchev–Trinajstić information content (AvgIpc) is 3.39. The quantitative estimate of drug-likeness (QED) is 0.101. The molecule has 0 saturated carbocycles. The molecule has 0 amide bonds. The highest BCUT2D eigenvalue weighted by molar-refractivity contribution is 9.10. The van der Waals surface area contributed by atoms with Crippen LogP contribution in [-0.2, 0) is 11.0 Å². The van der Waals surface area contributed by atoms with Gasteiger partial charge in [0, 0.05) is 44.6 Å². The van der Waals surface area contributed by atoms with E-state index in [9.17, 15) is 9.36 Å². The molecular weight excluding hydrogens is 747 g/mol. The number of pyridine rings is 2. The molecule has 7 nitrogen and oxygen atoms in total. The topological polar surface area (TPSA) is 92.5 Å². The van der Waals surface area contributed by atoms with Crippen LogP contribution >= 0.6 is 70.8 Å². The molecule has 3 aromatic heterocycles. The van der Waals surface area contributed by atoms with Crippen LogP contribution in [0.25, 0.3) is 21.7 Å². The highest BCUT2D eigenvalue weighted by Crippen LogP contribution is 2.61. The molecule has 0 aliphatic carbocycles. The Morgan fingerprint density at radius 1 is 0.976 bits per heavy atom. The number of ketones is 1. The van der Waals surface area contributed by atoms with Crippen LogP contribution in [0.4, 0.5) is 5.69 Å².